The lowest BCUT2D eigenvalue weighted by atomic mass is 9.91. The molecule has 1 aliphatic rings. The van der Waals surface area contributed by atoms with Crippen LogP contribution in [0, 0.1) is 0 Å². The van der Waals surface area contributed by atoms with Gasteiger partial charge in [0.25, 0.3) is 10.0 Å². The first-order valence-corrected chi connectivity index (χ1v) is 6.35. The van der Waals surface area contributed by atoms with E-state index >= 15 is 0 Å². The van der Waals surface area contributed by atoms with E-state index in [-0.39, 0.29) is 6.04 Å². The summed E-state index contributed by atoms with van der Waals surface area (Å²) in [5.41, 5.74) is -0.405. The van der Waals surface area contributed by atoms with Gasteiger partial charge in [-0.3, -0.25) is 5.10 Å². The van der Waals surface area contributed by atoms with Crippen LogP contribution in [0.1, 0.15) is 23.2 Å². The number of hydrogen-bond donors (Lipinski definition) is 4. The monoisotopic (exact) mass is 261 g/mol. The van der Waals surface area contributed by atoms with Gasteiger partial charge in [-0.25, -0.2) is 17.9 Å². The van der Waals surface area contributed by atoms with Crippen molar-refractivity contribution < 1.29 is 23.4 Å². The Morgan fingerprint density at radius 3 is 2.71 bits per heavy atom. The third-order valence-corrected chi connectivity index (χ3v) is 4.03. The van der Waals surface area contributed by atoms with Crippen molar-refractivity contribution in [3.8, 4) is 0 Å². The Bertz CT molecular complexity index is 531. The molecule has 0 amide bonds. The minimum absolute atomic E-state index is 0.329. The van der Waals surface area contributed by atoms with Crippen molar-refractivity contribution in [2.45, 2.75) is 30.0 Å². The summed E-state index contributed by atoms with van der Waals surface area (Å²) < 4.78 is 25.9. The number of H-pyrrole nitrogens is 1. The molecule has 1 saturated carbocycles. The molecular formula is C8H11N3O5S. The van der Waals surface area contributed by atoms with Crippen molar-refractivity contribution in [1.82, 2.24) is 14.9 Å². The number of aromatic amines is 1. The van der Waals surface area contributed by atoms with E-state index in [1.807, 2.05) is 0 Å². The number of sulfonamides is 1. The van der Waals surface area contributed by atoms with E-state index in [1.54, 1.807) is 0 Å². The molecule has 0 aliphatic heterocycles. The maximum atomic E-state index is 11.8. The molecule has 0 spiro atoms. The van der Waals surface area contributed by atoms with E-state index < -0.39 is 32.7 Å². The fraction of sp³-hybridized carbons (Fsp3) is 0.500. The molecule has 2 rings (SSSR count). The van der Waals surface area contributed by atoms with Crippen LogP contribution in [0.3, 0.4) is 0 Å². The van der Waals surface area contributed by atoms with Gasteiger partial charge in [0, 0.05) is 6.04 Å². The number of carbonyl (C=O) groups is 1. The van der Waals surface area contributed by atoms with Crippen molar-refractivity contribution in [2.24, 2.45) is 0 Å². The number of carboxylic acids is 1. The SMILES string of the molecule is O=C(O)c1cn[nH]c1S(=O)(=O)NC1CC(O)C1. The topological polar surface area (TPSA) is 132 Å². The fourth-order valence-corrected chi connectivity index (χ4v) is 2.95. The van der Waals surface area contributed by atoms with Crippen LogP contribution in [0.25, 0.3) is 0 Å². The smallest absolute Gasteiger partial charge is 0.340 e. The Morgan fingerprint density at radius 1 is 1.53 bits per heavy atom. The molecule has 0 unspecified atom stereocenters. The van der Waals surface area contributed by atoms with E-state index in [0.29, 0.717) is 12.8 Å². The Balaban J connectivity index is 2.20. The summed E-state index contributed by atoms with van der Waals surface area (Å²) in [4.78, 5) is 10.8. The molecule has 1 aromatic rings. The molecule has 0 saturated heterocycles. The maximum Gasteiger partial charge on any atom is 0.340 e. The third kappa shape index (κ3) is 2.30. The average Bonchev–Trinajstić information content (AvgIpc) is 2.63. The quantitative estimate of drug-likeness (QED) is 0.544. The Labute approximate surface area is 96.7 Å². The van der Waals surface area contributed by atoms with Crippen LogP contribution in [0.4, 0.5) is 0 Å². The summed E-state index contributed by atoms with van der Waals surface area (Å²) in [7, 11) is -3.94. The molecule has 1 heterocycles. The second-order valence-electron chi connectivity index (χ2n) is 3.86. The highest BCUT2D eigenvalue weighted by Gasteiger charge is 2.33. The molecule has 1 aliphatic carbocycles. The lowest BCUT2D eigenvalue weighted by molar-refractivity contribution is 0.0685. The number of nitrogens with zero attached hydrogens (tertiary/aromatic N) is 1. The molecule has 1 fully saturated rings. The van der Waals surface area contributed by atoms with Crippen LogP contribution >= 0.6 is 0 Å². The summed E-state index contributed by atoms with van der Waals surface area (Å²) in [5.74, 6) is -1.37. The summed E-state index contributed by atoms with van der Waals surface area (Å²) >= 11 is 0. The van der Waals surface area contributed by atoms with Gasteiger partial charge in [-0.1, -0.05) is 0 Å². The third-order valence-electron chi connectivity index (χ3n) is 2.54. The number of nitrogens with one attached hydrogen (secondary N) is 2. The van der Waals surface area contributed by atoms with Crippen LogP contribution in [0.15, 0.2) is 11.2 Å². The van der Waals surface area contributed by atoms with Crippen molar-refractivity contribution in [2.75, 3.05) is 0 Å². The van der Waals surface area contributed by atoms with E-state index in [0.717, 1.165) is 6.20 Å². The van der Waals surface area contributed by atoms with Gasteiger partial charge in [0.1, 0.15) is 5.56 Å². The number of aliphatic hydroxyl groups is 1. The highest BCUT2D eigenvalue weighted by Crippen LogP contribution is 2.22. The van der Waals surface area contributed by atoms with Gasteiger partial charge < -0.3 is 10.2 Å². The summed E-state index contributed by atoms with van der Waals surface area (Å²) in [6.07, 6.45) is 1.10. The summed E-state index contributed by atoms with van der Waals surface area (Å²) in [6, 6.07) is -0.361. The molecule has 4 N–H and O–H groups in total. The van der Waals surface area contributed by atoms with Gasteiger partial charge in [0.05, 0.1) is 12.3 Å². The first kappa shape index (κ1) is 12.0. The van der Waals surface area contributed by atoms with Gasteiger partial charge in [-0.15, -0.1) is 0 Å². The number of aromatic carboxylic acids is 1. The van der Waals surface area contributed by atoms with Crippen molar-refractivity contribution in [1.29, 1.82) is 0 Å². The van der Waals surface area contributed by atoms with Crippen LogP contribution in [0.2, 0.25) is 0 Å². The van der Waals surface area contributed by atoms with Gasteiger partial charge in [0.2, 0.25) is 0 Å². The zero-order valence-electron chi connectivity index (χ0n) is 8.62. The van der Waals surface area contributed by atoms with Gasteiger partial charge in [-0.2, -0.15) is 5.10 Å². The van der Waals surface area contributed by atoms with Crippen LogP contribution in [-0.2, 0) is 10.0 Å². The van der Waals surface area contributed by atoms with Crippen LogP contribution in [-0.4, -0.2) is 46.9 Å². The van der Waals surface area contributed by atoms with Crippen LogP contribution in [0.5, 0.6) is 0 Å². The molecule has 0 bridgehead atoms. The van der Waals surface area contributed by atoms with E-state index in [9.17, 15) is 13.2 Å². The molecule has 1 aromatic heterocycles. The first-order chi connectivity index (χ1) is 7.90. The predicted octanol–water partition coefficient (Wildman–Crippen LogP) is -1.09. The molecule has 0 aromatic carbocycles. The highest BCUT2D eigenvalue weighted by molar-refractivity contribution is 7.89. The number of carboxylic acid groups (broad SMARTS) is 1. The van der Waals surface area contributed by atoms with Gasteiger partial charge in [0.15, 0.2) is 5.03 Å². The normalized spacial score (nSPS) is 24.3. The van der Waals surface area contributed by atoms with Crippen molar-refractivity contribution in [3.05, 3.63) is 11.8 Å². The summed E-state index contributed by atoms with van der Waals surface area (Å²) in [6.45, 7) is 0. The average molecular weight is 261 g/mol. The van der Waals surface area contributed by atoms with E-state index in [2.05, 4.69) is 14.9 Å². The number of aromatic nitrogens is 2. The number of rotatable bonds is 4. The molecule has 0 radical (unpaired) electrons. The molecular weight excluding hydrogens is 250 g/mol. The summed E-state index contributed by atoms with van der Waals surface area (Å²) in [5, 5.41) is 22.9. The highest BCUT2D eigenvalue weighted by atomic mass is 32.2. The molecule has 9 heteroatoms. The van der Waals surface area contributed by atoms with Crippen LogP contribution < -0.4 is 4.72 Å². The lowest BCUT2D eigenvalue weighted by Gasteiger charge is -2.31. The molecule has 0 atom stereocenters. The zero-order valence-corrected chi connectivity index (χ0v) is 9.44. The largest absolute Gasteiger partial charge is 0.478 e. The van der Waals surface area contributed by atoms with Crippen molar-refractivity contribution >= 4 is 16.0 Å². The minimum atomic E-state index is -3.94. The fourth-order valence-electron chi connectivity index (χ4n) is 1.59. The van der Waals surface area contributed by atoms with Crippen molar-refractivity contribution in [3.63, 3.8) is 0 Å². The Morgan fingerprint density at radius 2 is 2.18 bits per heavy atom. The Hall–Kier alpha value is -1.45. The molecule has 94 valence electrons. The molecule has 17 heavy (non-hydrogen) atoms. The zero-order chi connectivity index (χ0) is 12.6. The minimum Gasteiger partial charge on any atom is -0.478 e. The van der Waals surface area contributed by atoms with E-state index in [1.165, 1.54) is 0 Å². The molecule has 8 nitrogen and oxygen atoms in total. The number of aliphatic hydroxyl groups excluding tert-OH is 1. The lowest BCUT2D eigenvalue weighted by Crippen LogP contribution is -2.46. The van der Waals surface area contributed by atoms with Gasteiger partial charge in [-0.05, 0) is 12.8 Å². The number of hydrogen-bond acceptors (Lipinski definition) is 5. The second-order valence-corrected chi connectivity index (χ2v) is 5.51. The maximum absolute atomic E-state index is 11.8. The predicted molar refractivity (Wildman–Crippen MR) is 54.9 cm³/mol. The van der Waals surface area contributed by atoms with Gasteiger partial charge >= 0.3 is 5.97 Å². The first-order valence-electron chi connectivity index (χ1n) is 4.87. The Kier molecular flexibility index (Phi) is 2.89. The van der Waals surface area contributed by atoms with E-state index in [4.69, 9.17) is 10.2 Å². The second kappa shape index (κ2) is 4.09. The standard InChI is InChI=1S/C8H11N3O5S/c12-5-1-4(2-5)11-17(15,16)7-6(8(13)14)3-9-10-7/h3-5,11-12H,1-2H2,(H,9,10)(H,13,14).